The molecule has 0 unspecified atom stereocenters. The maximum absolute atomic E-state index is 4.26. The third-order valence-electron chi connectivity index (χ3n) is 1.98. The van der Waals surface area contributed by atoms with Gasteiger partial charge >= 0.3 is 0 Å². The molecule has 0 bridgehead atoms. The van der Waals surface area contributed by atoms with Crippen LogP contribution in [0, 0.1) is 6.92 Å². The second kappa shape index (κ2) is 3.79. The van der Waals surface area contributed by atoms with Gasteiger partial charge in [0, 0.05) is 11.9 Å². The average Bonchev–Trinajstić information content (AvgIpc) is 2.74. The second-order valence-corrected chi connectivity index (χ2v) is 4.07. The van der Waals surface area contributed by atoms with E-state index in [1.165, 1.54) is 4.88 Å². The lowest BCUT2D eigenvalue weighted by molar-refractivity contribution is 0.735. The molecule has 0 saturated carbocycles. The zero-order valence-corrected chi connectivity index (χ0v) is 9.01. The van der Waals surface area contributed by atoms with Crippen molar-refractivity contribution in [2.45, 2.75) is 13.5 Å². The van der Waals surface area contributed by atoms with Gasteiger partial charge in [0.2, 0.25) is 5.95 Å². The highest BCUT2D eigenvalue weighted by Gasteiger charge is 2.01. The molecule has 4 nitrogen and oxygen atoms in total. The van der Waals surface area contributed by atoms with E-state index in [2.05, 4.69) is 26.8 Å². The number of rotatable bonds is 3. The van der Waals surface area contributed by atoms with Gasteiger partial charge in [0.1, 0.15) is 5.82 Å². The van der Waals surface area contributed by atoms with Crippen LogP contribution in [0.25, 0.3) is 0 Å². The van der Waals surface area contributed by atoms with E-state index in [0.717, 1.165) is 12.4 Å². The summed E-state index contributed by atoms with van der Waals surface area (Å²) in [5, 5.41) is 9.45. The summed E-state index contributed by atoms with van der Waals surface area (Å²) in [6.07, 6.45) is 0. The molecular formula is C9H12N4S. The fourth-order valence-corrected chi connectivity index (χ4v) is 1.76. The van der Waals surface area contributed by atoms with Crippen LogP contribution in [-0.4, -0.2) is 14.8 Å². The minimum absolute atomic E-state index is 0.693. The molecule has 0 saturated heterocycles. The number of nitrogens with one attached hydrogen (secondary N) is 1. The van der Waals surface area contributed by atoms with Crippen LogP contribution < -0.4 is 5.32 Å². The van der Waals surface area contributed by atoms with Crippen molar-refractivity contribution < 1.29 is 0 Å². The predicted molar refractivity (Wildman–Crippen MR) is 57.4 cm³/mol. The Labute approximate surface area is 86.6 Å². The number of aromatic nitrogens is 3. The zero-order chi connectivity index (χ0) is 9.97. The summed E-state index contributed by atoms with van der Waals surface area (Å²) in [6.45, 7) is 2.73. The van der Waals surface area contributed by atoms with Gasteiger partial charge in [0.05, 0.1) is 6.54 Å². The van der Waals surface area contributed by atoms with Gasteiger partial charge in [-0.25, -0.2) is 0 Å². The highest BCUT2D eigenvalue weighted by molar-refractivity contribution is 7.09. The molecule has 0 aliphatic rings. The van der Waals surface area contributed by atoms with E-state index in [9.17, 15) is 0 Å². The van der Waals surface area contributed by atoms with E-state index in [1.54, 1.807) is 16.0 Å². The van der Waals surface area contributed by atoms with Gasteiger partial charge in [0.25, 0.3) is 0 Å². The van der Waals surface area contributed by atoms with Gasteiger partial charge < -0.3 is 5.32 Å². The molecule has 0 radical (unpaired) electrons. The molecule has 2 aromatic heterocycles. The van der Waals surface area contributed by atoms with Crippen LogP contribution in [0.1, 0.15) is 10.7 Å². The van der Waals surface area contributed by atoms with Crippen molar-refractivity contribution in [2.24, 2.45) is 7.05 Å². The Kier molecular flexibility index (Phi) is 2.49. The average molecular weight is 208 g/mol. The molecule has 2 rings (SSSR count). The molecule has 0 aromatic carbocycles. The molecule has 0 aliphatic heterocycles. The van der Waals surface area contributed by atoms with Crippen LogP contribution >= 0.6 is 11.3 Å². The molecule has 2 aromatic rings. The minimum Gasteiger partial charge on any atom is -0.348 e. The predicted octanol–water partition coefficient (Wildman–Crippen LogP) is 1.80. The van der Waals surface area contributed by atoms with Crippen LogP contribution in [0.3, 0.4) is 0 Å². The molecule has 5 heteroatoms. The van der Waals surface area contributed by atoms with Crippen molar-refractivity contribution in [1.29, 1.82) is 0 Å². The SMILES string of the molecule is Cc1nc(NCc2cccs2)nn1C. The molecule has 14 heavy (non-hydrogen) atoms. The molecule has 0 atom stereocenters. The Balaban J connectivity index is 1.98. The highest BCUT2D eigenvalue weighted by atomic mass is 32.1. The fraction of sp³-hybridized carbons (Fsp3) is 0.333. The quantitative estimate of drug-likeness (QED) is 0.836. The topological polar surface area (TPSA) is 42.7 Å². The first-order valence-electron chi connectivity index (χ1n) is 4.39. The summed E-state index contributed by atoms with van der Waals surface area (Å²) in [5.41, 5.74) is 0. The van der Waals surface area contributed by atoms with Gasteiger partial charge in [-0.05, 0) is 18.4 Å². The first-order chi connectivity index (χ1) is 6.75. The maximum atomic E-state index is 4.26. The molecule has 74 valence electrons. The molecule has 0 fully saturated rings. The Morgan fingerprint density at radius 3 is 3.00 bits per heavy atom. The van der Waals surface area contributed by atoms with Crippen molar-refractivity contribution in [3.8, 4) is 0 Å². The zero-order valence-electron chi connectivity index (χ0n) is 8.19. The first kappa shape index (κ1) is 9.21. The minimum atomic E-state index is 0.693. The van der Waals surface area contributed by atoms with E-state index >= 15 is 0 Å². The van der Waals surface area contributed by atoms with E-state index in [0.29, 0.717) is 5.95 Å². The lowest BCUT2D eigenvalue weighted by atomic mass is 10.5. The van der Waals surface area contributed by atoms with Gasteiger partial charge in [0.15, 0.2) is 0 Å². The third-order valence-corrected chi connectivity index (χ3v) is 2.86. The molecule has 0 amide bonds. The van der Waals surface area contributed by atoms with E-state index in [4.69, 9.17) is 0 Å². The number of aryl methyl sites for hydroxylation is 2. The van der Waals surface area contributed by atoms with E-state index in [1.807, 2.05) is 20.0 Å². The smallest absolute Gasteiger partial charge is 0.242 e. The highest BCUT2D eigenvalue weighted by Crippen LogP contribution is 2.10. The van der Waals surface area contributed by atoms with Crippen molar-refractivity contribution in [2.75, 3.05) is 5.32 Å². The molecular weight excluding hydrogens is 196 g/mol. The van der Waals surface area contributed by atoms with Crippen molar-refractivity contribution in [3.63, 3.8) is 0 Å². The van der Waals surface area contributed by atoms with E-state index < -0.39 is 0 Å². The van der Waals surface area contributed by atoms with Gasteiger partial charge in [-0.1, -0.05) is 6.07 Å². The van der Waals surface area contributed by atoms with Crippen LogP contribution in [0.5, 0.6) is 0 Å². The summed E-state index contributed by atoms with van der Waals surface area (Å²) >= 11 is 1.73. The molecule has 0 spiro atoms. The summed E-state index contributed by atoms with van der Waals surface area (Å²) in [7, 11) is 1.89. The number of nitrogens with zero attached hydrogens (tertiary/aromatic N) is 3. The van der Waals surface area contributed by atoms with Crippen molar-refractivity contribution in [1.82, 2.24) is 14.8 Å². The Bertz CT molecular complexity index is 385. The Hall–Kier alpha value is -1.36. The monoisotopic (exact) mass is 208 g/mol. The van der Waals surface area contributed by atoms with Gasteiger partial charge in [-0.2, -0.15) is 4.98 Å². The lowest BCUT2D eigenvalue weighted by Crippen LogP contribution is -1.99. The van der Waals surface area contributed by atoms with Crippen molar-refractivity contribution >= 4 is 17.3 Å². The number of anilines is 1. The van der Waals surface area contributed by atoms with Gasteiger partial charge in [-0.3, -0.25) is 4.68 Å². The Morgan fingerprint density at radius 1 is 1.57 bits per heavy atom. The summed E-state index contributed by atoms with van der Waals surface area (Å²) in [6, 6.07) is 4.13. The number of hydrogen-bond acceptors (Lipinski definition) is 4. The summed E-state index contributed by atoms with van der Waals surface area (Å²) in [5.74, 6) is 1.61. The van der Waals surface area contributed by atoms with Crippen LogP contribution in [0.15, 0.2) is 17.5 Å². The Morgan fingerprint density at radius 2 is 2.43 bits per heavy atom. The summed E-state index contributed by atoms with van der Waals surface area (Å²) in [4.78, 5) is 5.54. The van der Waals surface area contributed by atoms with Gasteiger partial charge in [-0.15, -0.1) is 16.4 Å². The standard InChI is InChI=1S/C9H12N4S/c1-7-11-9(12-13(7)2)10-6-8-4-3-5-14-8/h3-5H,6H2,1-2H3,(H,10,12). The number of hydrogen-bond donors (Lipinski definition) is 1. The van der Waals surface area contributed by atoms with Crippen molar-refractivity contribution in [3.05, 3.63) is 28.2 Å². The first-order valence-corrected chi connectivity index (χ1v) is 5.27. The molecule has 0 aliphatic carbocycles. The second-order valence-electron chi connectivity index (χ2n) is 3.04. The largest absolute Gasteiger partial charge is 0.348 e. The third kappa shape index (κ3) is 1.93. The van der Waals surface area contributed by atoms with Crippen LogP contribution in [0.4, 0.5) is 5.95 Å². The normalized spacial score (nSPS) is 10.4. The van der Waals surface area contributed by atoms with E-state index in [-0.39, 0.29) is 0 Å². The lowest BCUT2D eigenvalue weighted by Gasteiger charge is -1.97. The molecule has 2 heterocycles. The fourth-order valence-electron chi connectivity index (χ4n) is 1.12. The maximum Gasteiger partial charge on any atom is 0.242 e. The van der Waals surface area contributed by atoms with Crippen LogP contribution in [-0.2, 0) is 13.6 Å². The number of thiophene rings is 1. The molecule has 1 N–H and O–H groups in total. The summed E-state index contributed by atoms with van der Waals surface area (Å²) < 4.78 is 1.76. The van der Waals surface area contributed by atoms with Crippen LogP contribution in [0.2, 0.25) is 0 Å².